The van der Waals surface area contributed by atoms with Gasteiger partial charge in [0.2, 0.25) is 0 Å². The van der Waals surface area contributed by atoms with Gasteiger partial charge in [0.15, 0.2) is 0 Å². The van der Waals surface area contributed by atoms with Crippen LogP contribution in [0, 0.1) is 0 Å². The first-order chi connectivity index (χ1) is 8.08. The Morgan fingerprint density at radius 2 is 2.06 bits per heavy atom. The van der Waals surface area contributed by atoms with Crippen LogP contribution in [0.3, 0.4) is 0 Å². The molecule has 0 saturated carbocycles. The average Bonchev–Trinajstić information content (AvgIpc) is 2.70. The number of hydrogen-bond donors (Lipinski definition) is 3. The highest BCUT2D eigenvalue weighted by Gasteiger charge is 2.24. The Balaban J connectivity index is 2.24. The minimum absolute atomic E-state index is 0.333. The van der Waals surface area contributed by atoms with Crippen LogP contribution in [0.4, 0.5) is 0 Å². The number of carboxylic acid groups (broad SMARTS) is 1. The maximum atomic E-state index is 10.4. The summed E-state index contributed by atoms with van der Waals surface area (Å²) in [5.41, 5.74) is 0.731. The van der Waals surface area contributed by atoms with E-state index in [4.69, 9.17) is 5.11 Å². The number of carbonyl (C=O) groups is 1. The second-order valence-electron chi connectivity index (χ2n) is 3.63. The number of rotatable bonds is 4. The van der Waals surface area contributed by atoms with Gasteiger partial charge in [-0.3, -0.25) is 4.79 Å². The fraction of sp³-hybridized carbons (Fsp3) is 0.273. The molecule has 2 unspecified atom stereocenters. The van der Waals surface area contributed by atoms with Gasteiger partial charge in [-0.1, -0.05) is 12.1 Å². The van der Waals surface area contributed by atoms with Crippen molar-refractivity contribution in [2.75, 3.05) is 0 Å². The van der Waals surface area contributed by atoms with Crippen LogP contribution in [-0.4, -0.2) is 32.4 Å². The third-order valence-corrected chi connectivity index (χ3v) is 3.42. The summed E-state index contributed by atoms with van der Waals surface area (Å²) in [5, 5.41) is 28.1. The first-order valence-electron chi connectivity index (χ1n) is 5.01. The Kier molecular flexibility index (Phi) is 3.37. The van der Waals surface area contributed by atoms with Gasteiger partial charge in [0, 0.05) is 0 Å². The molecule has 0 bridgehead atoms. The number of aliphatic hydroxyl groups is 2. The molecule has 0 amide bonds. The average molecular weight is 253 g/mol. The van der Waals surface area contributed by atoms with Crippen molar-refractivity contribution in [2.24, 2.45) is 0 Å². The maximum absolute atomic E-state index is 10.4. The maximum Gasteiger partial charge on any atom is 0.306 e. The molecule has 0 fully saturated rings. The lowest BCUT2D eigenvalue weighted by Gasteiger charge is -2.12. The van der Waals surface area contributed by atoms with Crippen LogP contribution < -0.4 is 0 Å². The van der Waals surface area contributed by atoms with Gasteiger partial charge in [-0.15, -0.1) is 11.3 Å². The van der Waals surface area contributed by atoms with Crippen molar-refractivity contribution in [1.29, 1.82) is 0 Å². The number of aliphatic hydroxyl groups excluding tert-OH is 2. The van der Waals surface area contributed by atoms with Crippen LogP contribution in [0.2, 0.25) is 0 Å². The molecule has 0 spiro atoms. The number of thiazole rings is 1. The second-order valence-corrected chi connectivity index (χ2v) is 4.69. The van der Waals surface area contributed by atoms with E-state index in [9.17, 15) is 15.0 Å². The van der Waals surface area contributed by atoms with E-state index in [1.54, 1.807) is 6.07 Å². The topological polar surface area (TPSA) is 90.7 Å². The summed E-state index contributed by atoms with van der Waals surface area (Å²) < 4.78 is 0.893. The molecule has 0 aliphatic rings. The number of para-hydroxylation sites is 1. The highest BCUT2D eigenvalue weighted by Crippen LogP contribution is 2.28. The van der Waals surface area contributed by atoms with Gasteiger partial charge in [0.25, 0.3) is 0 Å². The highest BCUT2D eigenvalue weighted by molar-refractivity contribution is 7.18. The lowest BCUT2D eigenvalue weighted by molar-refractivity contribution is -0.141. The van der Waals surface area contributed by atoms with Crippen LogP contribution in [-0.2, 0) is 4.79 Å². The van der Waals surface area contributed by atoms with Crippen molar-refractivity contribution in [1.82, 2.24) is 4.98 Å². The molecule has 3 N–H and O–H groups in total. The van der Waals surface area contributed by atoms with Gasteiger partial charge in [-0.25, -0.2) is 4.98 Å². The standard InChI is InChI=1S/C11H11NO4S/c13-7(5-9(14)15)10(16)11-12-6-3-1-2-4-8(6)17-11/h1-4,7,10,13,16H,5H2,(H,14,15). The second kappa shape index (κ2) is 4.79. The van der Waals surface area contributed by atoms with Crippen LogP contribution in [0.25, 0.3) is 10.2 Å². The van der Waals surface area contributed by atoms with Crippen molar-refractivity contribution >= 4 is 27.5 Å². The van der Waals surface area contributed by atoms with Gasteiger partial charge in [0.05, 0.1) is 22.7 Å². The zero-order chi connectivity index (χ0) is 12.4. The molecule has 0 saturated heterocycles. The van der Waals surface area contributed by atoms with Crippen LogP contribution in [0.15, 0.2) is 24.3 Å². The van der Waals surface area contributed by atoms with E-state index in [2.05, 4.69) is 4.98 Å². The monoisotopic (exact) mass is 253 g/mol. The number of benzene rings is 1. The molecule has 1 aromatic carbocycles. The van der Waals surface area contributed by atoms with Crippen molar-refractivity contribution in [3.63, 3.8) is 0 Å². The normalized spacial score (nSPS) is 14.7. The Bertz CT molecular complexity index is 506. The fourth-order valence-corrected chi connectivity index (χ4v) is 2.48. The molecule has 0 aliphatic carbocycles. The zero-order valence-electron chi connectivity index (χ0n) is 8.78. The zero-order valence-corrected chi connectivity index (χ0v) is 9.59. The Hall–Kier alpha value is -1.50. The van der Waals surface area contributed by atoms with E-state index in [1.807, 2.05) is 18.2 Å². The smallest absolute Gasteiger partial charge is 0.306 e. The molecular weight excluding hydrogens is 242 g/mol. The van der Waals surface area contributed by atoms with E-state index in [1.165, 1.54) is 11.3 Å². The van der Waals surface area contributed by atoms with Gasteiger partial charge in [0.1, 0.15) is 11.1 Å². The first-order valence-corrected chi connectivity index (χ1v) is 5.83. The Morgan fingerprint density at radius 3 is 2.71 bits per heavy atom. The third kappa shape index (κ3) is 2.60. The summed E-state index contributed by atoms with van der Waals surface area (Å²) in [6.07, 6.45) is -3.10. The molecule has 0 radical (unpaired) electrons. The van der Waals surface area contributed by atoms with Gasteiger partial charge < -0.3 is 15.3 Å². The number of nitrogens with zero attached hydrogens (tertiary/aromatic N) is 1. The number of hydrogen-bond acceptors (Lipinski definition) is 5. The quantitative estimate of drug-likeness (QED) is 0.760. The summed E-state index contributed by atoms with van der Waals surface area (Å²) in [4.78, 5) is 14.6. The molecule has 90 valence electrons. The molecule has 1 aromatic heterocycles. The van der Waals surface area contributed by atoms with Crippen LogP contribution in [0.1, 0.15) is 17.5 Å². The summed E-state index contributed by atoms with van der Waals surface area (Å²) in [7, 11) is 0. The first kappa shape index (κ1) is 12.0. The SMILES string of the molecule is O=C(O)CC(O)C(O)c1nc2ccccc2s1. The van der Waals surface area contributed by atoms with E-state index < -0.39 is 24.6 Å². The minimum Gasteiger partial charge on any atom is -0.481 e. The van der Waals surface area contributed by atoms with Crippen molar-refractivity contribution < 1.29 is 20.1 Å². The molecule has 1 heterocycles. The number of aromatic nitrogens is 1. The predicted octanol–water partition coefficient (Wildman–Crippen LogP) is 1.17. The third-order valence-electron chi connectivity index (χ3n) is 2.31. The van der Waals surface area contributed by atoms with Crippen molar-refractivity contribution in [2.45, 2.75) is 18.6 Å². The van der Waals surface area contributed by atoms with Gasteiger partial charge >= 0.3 is 5.97 Å². The summed E-state index contributed by atoms with van der Waals surface area (Å²) in [5.74, 6) is -1.15. The van der Waals surface area contributed by atoms with E-state index in [0.29, 0.717) is 5.01 Å². The fourth-order valence-electron chi connectivity index (χ4n) is 1.47. The van der Waals surface area contributed by atoms with Crippen molar-refractivity contribution in [3.8, 4) is 0 Å². The molecule has 5 nitrogen and oxygen atoms in total. The van der Waals surface area contributed by atoms with Gasteiger partial charge in [-0.2, -0.15) is 0 Å². The van der Waals surface area contributed by atoms with Gasteiger partial charge in [-0.05, 0) is 12.1 Å². The molecule has 2 rings (SSSR count). The van der Waals surface area contributed by atoms with E-state index in [-0.39, 0.29) is 0 Å². The molecular formula is C11H11NO4S. The van der Waals surface area contributed by atoms with E-state index >= 15 is 0 Å². The highest BCUT2D eigenvalue weighted by atomic mass is 32.1. The van der Waals surface area contributed by atoms with Crippen molar-refractivity contribution in [3.05, 3.63) is 29.3 Å². The van der Waals surface area contributed by atoms with E-state index in [0.717, 1.165) is 10.2 Å². The lowest BCUT2D eigenvalue weighted by atomic mass is 10.1. The molecule has 2 atom stereocenters. The van der Waals surface area contributed by atoms with Crippen LogP contribution in [0.5, 0.6) is 0 Å². The Labute approximate surface area is 101 Å². The lowest BCUT2D eigenvalue weighted by Crippen LogP contribution is -2.21. The Morgan fingerprint density at radius 1 is 1.35 bits per heavy atom. The number of fused-ring (bicyclic) bond motifs is 1. The molecule has 2 aromatic rings. The largest absolute Gasteiger partial charge is 0.481 e. The van der Waals surface area contributed by atoms with Crippen LogP contribution >= 0.6 is 11.3 Å². The summed E-state index contributed by atoms with van der Waals surface area (Å²) in [6.45, 7) is 0. The number of aliphatic carboxylic acids is 1. The summed E-state index contributed by atoms with van der Waals surface area (Å²) in [6, 6.07) is 7.33. The predicted molar refractivity (Wildman–Crippen MR) is 62.8 cm³/mol. The molecule has 17 heavy (non-hydrogen) atoms. The molecule has 0 aliphatic heterocycles. The summed E-state index contributed by atoms with van der Waals surface area (Å²) >= 11 is 1.25. The molecule has 6 heteroatoms. The number of carboxylic acids is 1. The minimum atomic E-state index is -1.34.